The summed E-state index contributed by atoms with van der Waals surface area (Å²) in [5, 5.41) is 8.60. The van der Waals surface area contributed by atoms with Gasteiger partial charge in [-0.1, -0.05) is 6.42 Å². The number of aromatic amines is 1. The van der Waals surface area contributed by atoms with Crippen LogP contribution in [0.25, 0.3) is 0 Å². The Morgan fingerprint density at radius 1 is 1.67 bits per heavy atom. The zero-order chi connectivity index (χ0) is 8.55. The first-order valence-corrected chi connectivity index (χ1v) is 4.05. The second kappa shape index (κ2) is 2.62. The number of carbonyl (C=O) groups is 1. The summed E-state index contributed by atoms with van der Waals surface area (Å²) in [6.45, 7) is 0. The van der Waals surface area contributed by atoms with Gasteiger partial charge in [-0.15, -0.1) is 0 Å². The SMILES string of the molecule is O=C(O)c1cnc(C2CCC2)[nH]1. The van der Waals surface area contributed by atoms with Gasteiger partial charge in [0, 0.05) is 5.92 Å². The normalized spacial score (nSPS) is 17.3. The molecule has 0 spiro atoms. The van der Waals surface area contributed by atoms with Crippen molar-refractivity contribution in [3.63, 3.8) is 0 Å². The van der Waals surface area contributed by atoms with Crippen molar-refractivity contribution in [1.82, 2.24) is 9.97 Å². The summed E-state index contributed by atoms with van der Waals surface area (Å²) in [4.78, 5) is 17.3. The molecule has 0 radical (unpaired) electrons. The molecule has 0 aliphatic heterocycles. The third-order valence-electron chi connectivity index (χ3n) is 2.32. The van der Waals surface area contributed by atoms with Crippen LogP contribution in [0.3, 0.4) is 0 Å². The van der Waals surface area contributed by atoms with Crippen LogP contribution in [0, 0.1) is 0 Å². The monoisotopic (exact) mass is 166 g/mol. The zero-order valence-electron chi connectivity index (χ0n) is 6.58. The number of hydrogen-bond donors (Lipinski definition) is 2. The molecule has 4 nitrogen and oxygen atoms in total. The van der Waals surface area contributed by atoms with Gasteiger partial charge < -0.3 is 10.1 Å². The van der Waals surface area contributed by atoms with E-state index >= 15 is 0 Å². The molecule has 0 unspecified atom stereocenters. The molecule has 1 saturated carbocycles. The summed E-state index contributed by atoms with van der Waals surface area (Å²) >= 11 is 0. The lowest BCUT2D eigenvalue weighted by molar-refractivity contribution is 0.0691. The standard InChI is InChI=1S/C8H10N2O2/c11-8(12)6-4-9-7(10-6)5-2-1-3-5/h4-5H,1-3H2,(H,9,10)(H,11,12). The molecule has 0 aromatic carbocycles. The highest BCUT2D eigenvalue weighted by Crippen LogP contribution is 2.34. The Balaban J connectivity index is 2.17. The second-order valence-corrected chi connectivity index (χ2v) is 3.12. The van der Waals surface area contributed by atoms with Gasteiger partial charge in [0.2, 0.25) is 0 Å². The smallest absolute Gasteiger partial charge is 0.353 e. The van der Waals surface area contributed by atoms with E-state index in [1.807, 2.05) is 0 Å². The topological polar surface area (TPSA) is 66.0 Å². The fourth-order valence-corrected chi connectivity index (χ4v) is 1.33. The van der Waals surface area contributed by atoms with Gasteiger partial charge in [0.1, 0.15) is 11.5 Å². The molecule has 1 aromatic rings. The van der Waals surface area contributed by atoms with E-state index < -0.39 is 5.97 Å². The lowest BCUT2D eigenvalue weighted by atomic mass is 9.85. The lowest BCUT2D eigenvalue weighted by Crippen LogP contribution is -2.10. The highest BCUT2D eigenvalue weighted by Gasteiger charge is 2.22. The van der Waals surface area contributed by atoms with E-state index in [1.165, 1.54) is 12.6 Å². The maximum atomic E-state index is 10.5. The van der Waals surface area contributed by atoms with Crippen molar-refractivity contribution < 1.29 is 9.90 Å². The van der Waals surface area contributed by atoms with E-state index in [0.29, 0.717) is 5.92 Å². The molecular formula is C8H10N2O2. The number of carboxylic acids is 1. The van der Waals surface area contributed by atoms with Gasteiger partial charge in [0.05, 0.1) is 6.20 Å². The van der Waals surface area contributed by atoms with E-state index in [9.17, 15) is 4.79 Å². The summed E-state index contributed by atoms with van der Waals surface area (Å²) in [6.07, 6.45) is 4.88. The van der Waals surface area contributed by atoms with Crippen LogP contribution in [-0.2, 0) is 0 Å². The predicted octanol–water partition coefficient (Wildman–Crippen LogP) is 1.38. The average Bonchev–Trinajstić information content (AvgIpc) is 2.32. The molecule has 1 heterocycles. The van der Waals surface area contributed by atoms with Crippen molar-refractivity contribution >= 4 is 5.97 Å². The molecule has 1 aromatic heterocycles. The summed E-state index contributed by atoms with van der Waals surface area (Å²) in [5.74, 6) is 0.366. The highest BCUT2D eigenvalue weighted by molar-refractivity contribution is 5.85. The van der Waals surface area contributed by atoms with Crippen LogP contribution in [0.5, 0.6) is 0 Å². The Bertz CT molecular complexity index is 302. The first-order chi connectivity index (χ1) is 5.77. The number of hydrogen-bond acceptors (Lipinski definition) is 2. The van der Waals surface area contributed by atoms with E-state index in [2.05, 4.69) is 9.97 Å². The van der Waals surface area contributed by atoms with Crippen molar-refractivity contribution in [2.24, 2.45) is 0 Å². The number of rotatable bonds is 2. The number of imidazole rings is 1. The van der Waals surface area contributed by atoms with Crippen LogP contribution < -0.4 is 0 Å². The van der Waals surface area contributed by atoms with Crippen molar-refractivity contribution in [3.05, 3.63) is 17.7 Å². The minimum Gasteiger partial charge on any atom is -0.477 e. The fraction of sp³-hybridized carbons (Fsp3) is 0.500. The van der Waals surface area contributed by atoms with E-state index in [1.54, 1.807) is 0 Å². The maximum Gasteiger partial charge on any atom is 0.353 e. The highest BCUT2D eigenvalue weighted by atomic mass is 16.4. The fourth-order valence-electron chi connectivity index (χ4n) is 1.33. The molecule has 0 bridgehead atoms. The van der Waals surface area contributed by atoms with Crippen molar-refractivity contribution in [3.8, 4) is 0 Å². The Morgan fingerprint density at radius 2 is 2.42 bits per heavy atom. The first-order valence-electron chi connectivity index (χ1n) is 4.05. The molecule has 0 amide bonds. The van der Waals surface area contributed by atoms with E-state index in [4.69, 9.17) is 5.11 Å². The van der Waals surface area contributed by atoms with Crippen molar-refractivity contribution in [2.75, 3.05) is 0 Å². The van der Waals surface area contributed by atoms with E-state index in [-0.39, 0.29) is 5.69 Å². The van der Waals surface area contributed by atoms with Gasteiger partial charge in [-0.2, -0.15) is 0 Å². The third kappa shape index (κ3) is 1.09. The number of nitrogens with one attached hydrogen (secondary N) is 1. The molecule has 1 aliphatic carbocycles. The molecule has 12 heavy (non-hydrogen) atoms. The van der Waals surface area contributed by atoms with Gasteiger partial charge in [0.15, 0.2) is 0 Å². The van der Waals surface area contributed by atoms with Gasteiger partial charge >= 0.3 is 5.97 Å². The van der Waals surface area contributed by atoms with Gasteiger partial charge in [-0.05, 0) is 12.8 Å². The molecule has 2 rings (SSSR count). The Kier molecular flexibility index (Phi) is 1.60. The molecule has 64 valence electrons. The Morgan fingerprint density at radius 3 is 2.83 bits per heavy atom. The summed E-state index contributed by atoms with van der Waals surface area (Å²) < 4.78 is 0. The van der Waals surface area contributed by atoms with Crippen LogP contribution in [0.2, 0.25) is 0 Å². The summed E-state index contributed by atoms with van der Waals surface area (Å²) in [7, 11) is 0. The van der Waals surface area contributed by atoms with Gasteiger partial charge in [-0.25, -0.2) is 9.78 Å². The van der Waals surface area contributed by atoms with Crippen LogP contribution in [0.15, 0.2) is 6.20 Å². The number of carboxylic acid groups (broad SMARTS) is 1. The van der Waals surface area contributed by atoms with Crippen molar-refractivity contribution in [2.45, 2.75) is 25.2 Å². The van der Waals surface area contributed by atoms with Crippen molar-refractivity contribution in [1.29, 1.82) is 0 Å². The summed E-state index contributed by atoms with van der Waals surface area (Å²) in [5.41, 5.74) is 0.192. The van der Waals surface area contributed by atoms with Crippen LogP contribution >= 0.6 is 0 Å². The van der Waals surface area contributed by atoms with Crippen LogP contribution in [-0.4, -0.2) is 21.0 Å². The van der Waals surface area contributed by atoms with Crippen LogP contribution in [0.1, 0.15) is 41.5 Å². The summed E-state index contributed by atoms with van der Waals surface area (Å²) in [6, 6.07) is 0. The first kappa shape index (κ1) is 7.34. The Labute approximate surface area is 69.6 Å². The average molecular weight is 166 g/mol. The molecule has 2 N–H and O–H groups in total. The number of H-pyrrole nitrogens is 1. The Hall–Kier alpha value is -1.32. The van der Waals surface area contributed by atoms with Gasteiger partial charge in [-0.3, -0.25) is 0 Å². The molecular weight excluding hydrogens is 156 g/mol. The number of nitrogens with zero attached hydrogens (tertiary/aromatic N) is 1. The molecule has 0 atom stereocenters. The van der Waals surface area contributed by atoms with Crippen LogP contribution in [0.4, 0.5) is 0 Å². The second-order valence-electron chi connectivity index (χ2n) is 3.12. The molecule has 1 aliphatic rings. The minimum absolute atomic E-state index is 0.192. The third-order valence-corrected chi connectivity index (χ3v) is 2.32. The molecule has 1 fully saturated rings. The lowest BCUT2D eigenvalue weighted by Gasteiger charge is -2.22. The zero-order valence-corrected chi connectivity index (χ0v) is 6.58. The number of aromatic carboxylic acids is 1. The largest absolute Gasteiger partial charge is 0.477 e. The molecule has 0 saturated heterocycles. The van der Waals surface area contributed by atoms with Gasteiger partial charge in [0.25, 0.3) is 0 Å². The predicted molar refractivity (Wildman–Crippen MR) is 42.1 cm³/mol. The molecule has 4 heteroatoms. The minimum atomic E-state index is -0.937. The van der Waals surface area contributed by atoms with E-state index in [0.717, 1.165) is 18.7 Å². The quantitative estimate of drug-likeness (QED) is 0.697. The maximum absolute atomic E-state index is 10.5. The number of aromatic nitrogens is 2.